The molecule has 0 N–H and O–H groups in total. The van der Waals surface area contributed by atoms with Gasteiger partial charge in [0.15, 0.2) is 0 Å². The second-order valence-electron chi connectivity index (χ2n) is 6.66. The maximum Gasteiger partial charge on any atom is 0.244 e. The Hall–Kier alpha value is -2.53. The molecule has 1 aliphatic rings. The lowest BCUT2D eigenvalue weighted by Gasteiger charge is -2.39. The maximum atomic E-state index is 13.0. The summed E-state index contributed by atoms with van der Waals surface area (Å²) in [5.74, 6) is 1.47. The van der Waals surface area contributed by atoms with E-state index < -0.39 is 0 Å². The van der Waals surface area contributed by atoms with E-state index in [9.17, 15) is 4.79 Å². The molecular weight excluding hydrogens is 328 g/mol. The van der Waals surface area contributed by atoms with E-state index >= 15 is 0 Å². The van der Waals surface area contributed by atoms with E-state index in [2.05, 4.69) is 36.1 Å². The Morgan fingerprint density at radius 1 is 1.08 bits per heavy atom. The van der Waals surface area contributed by atoms with Crippen LogP contribution in [0.25, 0.3) is 0 Å². The van der Waals surface area contributed by atoms with Gasteiger partial charge in [-0.2, -0.15) is 0 Å². The van der Waals surface area contributed by atoms with Crippen LogP contribution in [0.5, 0.6) is 11.5 Å². The molecule has 0 spiro atoms. The molecule has 2 aromatic rings. The minimum absolute atomic E-state index is 0.0791. The molecule has 0 radical (unpaired) electrons. The maximum absolute atomic E-state index is 13.0. The molecule has 0 saturated carbocycles. The molecule has 0 aliphatic carbocycles. The number of ether oxygens (including phenoxy) is 2. The Balaban J connectivity index is 1.80. The first-order valence-corrected chi connectivity index (χ1v) is 8.86. The van der Waals surface area contributed by atoms with Crippen LogP contribution in [0.2, 0.25) is 0 Å². The average Bonchev–Trinajstić information content (AvgIpc) is 2.65. The fourth-order valence-corrected chi connectivity index (χ4v) is 3.42. The van der Waals surface area contributed by atoms with Gasteiger partial charge in [0, 0.05) is 25.7 Å². The SMILES string of the molecule is COc1ccc(OC)c(N2CCN(Cc3cccc(C)c3)[C@@H](C)C2=O)c1. The monoisotopic (exact) mass is 354 g/mol. The molecular formula is C21H26N2O3. The summed E-state index contributed by atoms with van der Waals surface area (Å²) >= 11 is 0. The Labute approximate surface area is 155 Å². The molecule has 1 saturated heterocycles. The van der Waals surface area contributed by atoms with Gasteiger partial charge in [0.25, 0.3) is 0 Å². The number of amides is 1. The topological polar surface area (TPSA) is 42.0 Å². The fraction of sp³-hybridized carbons (Fsp3) is 0.381. The Morgan fingerprint density at radius 2 is 1.88 bits per heavy atom. The van der Waals surface area contributed by atoms with Crippen molar-refractivity contribution in [2.45, 2.75) is 26.4 Å². The van der Waals surface area contributed by atoms with Crippen molar-refractivity contribution in [1.82, 2.24) is 4.90 Å². The predicted octanol–water partition coefficient (Wildman–Crippen LogP) is 3.25. The van der Waals surface area contributed by atoms with Crippen molar-refractivity contribution < 1.29 is 14.3 Å². The second kappa shape index (κ2) is 7.79. The summed E-state index contributed by atoms with van der Waals surface area (Å²) in [6.07, 6.45) is 0. The third kappa shape index (κ3) is 3.68. The van der Waals surface area contributed by atoms with Gasteiger partial charge in [-0.15, -0.1) is 0 Å². The van der Waals surface area contributed by atoms with Crippen LogP contribution in [0, 0.1) is 6.92 Å². The highest BCUT2D eigenvalue weighted by molar-refractivity contribution is 5.99. The van der Waals surface area contributed by atoms with E-state index in [-0.39, 0.29) is 11.9 Å². The Bertz CT molecular complexity index is 791. The van der Waals surface area contributed by atoms with Gasteiger partial charge >= 0.3 is 0 Å². The first-order chi connectivity index (χ1) is 12.5. The van der Waals surface area contributed by atoms with Crippen LogP contribution in [-0.4, -0.2) is 44.2 Å². The summed E-state index contributed by atoms with van der Waals surface area (Å²) in [5, 5.41) is 0. The lowest BCUT2D eigenvalue weighted by Crippen LogP contribution is -2.55. The fourth-order valence-electron chi connectivity index (χ4n) is 3.42. The van der Waals surface area contributed by atoms with Gasteiger partial charge in [-0.3, -0.25) is 9.69 Å². The molecule has 1 aliphatic heterocycles. The summed E-state index contributed by atoms with van der Waals surface area (Å²) < 4.78 is 10.8. The van der Waals surface area contributed by atoms with Crippen LogP contribution < -0.4 is 14.4 Å². The highest BCUT2D eigenvalue weighted by Gasteiger charge is 2.33. The van der Waals surface area contributed by atoms with Crippen molar-refractivity contribution in [2.75, 3.05) is 32.2 Å². The summed E-state index contributed by atoms with van der Waals surface area (Å²) in [6.45, 7) is 6.26. The highest BCUT2D eigenvalue weighted by Crippen LogP contribution is 2.34. The van der Waals surface area contributed by atoms with Gasteiger partial charge in [0.1, 0.15) is 11.5 Å². The van der Waals surface area contributed by atoms with Crippen LogP contribution >= 0.6 is 0 Å². The second-order valence-corrected chi connectivity index (χ2v) is 6.66. The number of aryl methyl sites for hydroxylation is 1. The number of hydrogen-bond donors (Lipinski definition) is 0. The quantitative estimate of drug-likeness (QED) is 0.827. The summed E-state index contributed by atoms with van der Waals surface area (Å²) in [6, 6.07) is 13.8. The van der Waals surface area contributed by atoms with Crippen molar-refractivity contribution >= 4 is 11.6 Å². The molecule has 1 heterocycles. The van der Waals surface area contributed by atoms with Crippen LogP contribution in [0.15, 0.2) is 42.5 Å². The van der Waals surface area contributed by atoms with Crippen molar-refractivity contribution in [3.63, 3.8) is 0 Å². The zero-order chi connectivity index (χ0) is 18.7. The first kappa shape index (κ1) is 18.3. The molecule has 2 aromatic carbocycles. The summed E-state index contributed by atoms with van der Waals surface area (Å²) in [5.41, 5.74) is 3.23. The molecule has 0 unspecified atom stereocenters. The molecule has 1 fully saturated rings. The van der Waals surface area contributed by atoms with E-state index in [1.54, 1.807) is 19.1 Å². The van der Waals surface area contributed by atoms with E-state index in [1.165, 1.54) is 11.1 Å². The van der Waals surface area contributed by atoms with E-state index in [1.807, 2.05) is 25.1 Å². The number of piperazine rings is 1. The first-order valence-electron chi connectivity index (χ1n) is 8.86. The van der Waals surface area contributed by atoms with Gasteiger partial charge < -0.3 is 14.4 Å². The highest BCUT2D eigenvalue weighted by atomic mass is 16.5. The zero-order valence-corrected chi connectivity index (χ0v) is 15.9. The minimum Gasteiger partial charge on any atom is -0.497 e. The molecule has 5 nitrogen and oxygen atoms in total. The third-order valence-corrected chi connectivity index (χ3v) is 4.93. The molecule has 5 heteroatoms. The third-order valence-electron chi connectivity index (χ3n) is 4.93. The normalized spacial score (nSPS) is 18.1. The standard InChI is InChI=1S/C21H26N2O3/c1-15-6-5-7-17(12-15)14-22-10-11-23(21(24)16(22)2)19-13-18(25-3)8-9-20(19)26-4/h5-9,12-13,16H,10-11,14H2,1-4H3/t16-/m0/s1. The number of nitrogens with zero attached hydrogens (tertiary/aromatic N) is 2. The number of anilines is 1. The lowest BCUT2D eigenvalue weighted by atomic mass is 10.1. The van der Waals surface area contributed by atoms with Crippen LogP contribution in [-0.2, 0) is 11.3 Å². The molecule has 1 amide bonds. The van der Waals surface area contributed by atoms with Crippen molar-refractivity contribution in [3.05, 3.63) is 53.6 Å². The molecule has 0 aromatic heterocycles. The van der Waals surface area contributed by atoms with Crippen LogP contribution in [0.4, 0.5) is 5.69 Å². The Morgan fingerprint density at radius 3 is 2.58 bits per heavy atom. The van der Waals surface area contributed by atoms with Crippen LogP contribution in [0.1, 0.15) is 18.1 Å². The lowest BCUT2D eigenvalue weighted by molar-refractivity contribution is -0.125. The number of carbonyl (C=O) groups excluding carboxylic acids is 1. The van der Waals surface area contributed by atoms with Crippen molar-refractivity contribution in [2.24, 2.45) is 0 Å². The van der Waals surface area contributed by atoms with Gasteiger partial charge in [0.2, 0.25) is 5.91 Å². The number of methoxy groups -OCH3 is 2. The molecule has 0 bridgehead atoms. The smallest absolute Gasteiger partial charge is 0.244 e. The van der Waals surface area contributed by atoms with E-state index in [0.717, 1.165) is 18.8 Å². The van der Waals surface area contributed by atoms with Crippen molar-refractivity contribution in [3.8, 4) is 11.5 Å². The predicted molar refractivity (Wildman–Crippen MR) is 103 cm³/mol. The Kier molecular flexibility index (Phi) is 5.47. The molecule has 3 rings (SSSR count). The van der Waals surface area contributed by atoms with Crippen LogP contribution in [0.3, 0.4) is 0 Å². The minimum atomic E-state index is -0.194. The van der Waals surface area contributed by atoms with Crippen molar-refractivity contribution in [1.29, 1.82) is 0 Å². The molecule has 26 heavy (non-hydrogen) atoms. The largest absolute Gasteiger partial charge is 0.497 e. The van der Waals surface area contributed by atoms with E-state index in [4.69, 9.17) is 9.47 Å². The van der Waals surface area contributed by atoms with E-state index in [0.29, 0.717) is 18.0 Å². The summed E-state index contributed by atoms with van der Waals surface area (Å²) in [4.78, 5) is 17.1. The molecule has 138 valence electrons. The van der Waals surface area contributed by atoms with Gasteiger partial charge in [-0.25, -0.2) is 0 Å². The number of benzene rings is 2. The number of hydrogen-bond acceptors (Lipinski definition) is 4. The van der Waals surface area contributed by atoms with Gasteiger partial charge in [-0.1, -0.05) is 29.8 Å². The van der Waals surface area contributed by atoms with Gasteiger partial charge in [-0.05, 0) is 31.5 Å². The number of rotatable bonds is 5. The molecule has 1 atom stereocenters. The number of carbonyl (C=O) groups is 1. The average molecular weight is 354 g/mol. The van der Waals surface area contributed by atoms with Gasteiger partial charge in [0.05, 0.1) is 25.9 Å². The summed E-state index contributed by atoms with van der Waals surface area (Å²) in [7, 11) is 3.24. The zero-order valence-electron chi connectivity index (χ0n) is 15.9.